The molecule has 0 saturated heterocycles. The van der Waals surface area contributed by atoms with Crippen LogP contribution in [0, 0.1) is 5.92 Å². The van der Waals surface area contributed by atoms with Gasteiger partial charge in [-0.05, 0) is 30.9 Å². The van der Waals surface area contributed by atoms with Gasteiger partial charge in [-0.15, -0.1) is 0 Å². The first kappa shape index (κ1) is 16.9. The van der Waals surface area contributed by atoms with Crippen LogP contribution in [-0.4, -0.2) is 33.9 Å². The highest BCUT2D eigenvalue weighted by Crippen LogP contribution is 2.28. The number of carbonyl (C=O) groups excluding carboxylic acids is 2. The average molecular weight is 319 g/mol. The highest BCUT2D eigenvalue weighted by atomic mass is 16.4. The number of aromatic carboxylic acids is 1. The van der Waals surface area contributed by atoms with Crippen LogP contribution in [-0.2, 0) is 4.79 Å². The molecule has 0 radical (unpaired) electrons. The van der Waals surface area contributed by atoms with Gasteiger partial charge in [0.2, 0.25) is 5.91 Å². The van der Waals surface area contributed by atoms with E-state index in [1.165, 1.54) is 24.8 Å². The number of nitrogens with one attached hydrogen (secondary N) is 1. The number of primary amides is 1. The topological polar surface area (TPSA) is 122 Å². The maximum absolute atomic E-state index is 12.4. The molecule has 1 aromatic heterocycles. The van der Waals surface area contributed by atoms with Gasteiger partial charge in [0.15, 0.2) is 0 Å². The normalized spacial score (nSPS) is 16.5. The fourth-order valence-corrected chi connectivity index (χ4v) is 3.03. The number of rotatable bonds is 6. The smallest absolute Gasteiger partial charge is 0.354 e. The van der Waals surface area contributed by atoms with Crippen molar-refractivity contribution < 1.29 is 19.5 Å². The van der Waals surface area contributed by atoms with E-state index in [0.29, 0.717) is 0 Å². The molecule has 1 unspecified atom stereocenters. The Bertz CT molecular complexity index is 597. The number of amides is 2. The van der Waals surface area contributed by atoms with Crippen molar-refractivity contribution in [2.24, 2.45) is 11.7 Å². The molecule has 1 aliphatic carbocycles. The average Bonchev–Trinajstić information content (AvgIpc) is 2.54. The summed E-state index contributed by atoms with van der Waals surface area (Å²) < 4.78 is 0. The van der Waals surface area contributed by atoms with E-state index >= 15 is 0 Å². The van der Waals surface area contributed by atoms with Crippen LogP contribution in [0.15, 0.2) is 18.3 Å². The number of nitrogens with two attached hydrogens (primary N) is 1. The molecule has 1 aromatic rings. The molecule has 0 aromatic carbocycles. The van der Waals surface area contributed by atoms with Gasteiger partial charge >= 0.3 is 5.97 Å². The van der Waals surface area contributed by atoms with Crippen molar-refractivity contribution >= 4 is 17.8 Å². The number of carbonyl (C=O) groups is 3. The van der Waals surface area contributed by atoms with Crippen LogP contribution in [0.5, 0.6) is 0 Å². The van der Waals surface area contributed by atoms with E-state index in [1.54, 1.807) is 0 Å². The van der Waals surface area contributed by atoms with Crippen molar-refractivity contribution in [2.45, 2.75) is 44.6 Å². The first-order valence-electron chi connectivity index (χ1n) is 7.76. The quantitative estimate of drug-likeness (QED) is 0.730. The lowest BCUT2D eigenvalue weighted by Gasteiger charge is -2.30. The second kappa shape index (κ2) is 7.71. The van der Waals surface area contributed by atoms with Gasteiger partial charge in [0.05, 0.1) is 0 Å². The number of aromatic nitrogens is 1. The van der Waals surface area contributed by atoms with E-state index in [9.17, 15) is 14.4 Å². The van der Waals surface area contributed by atoms with Gasteiger partial charge in [-0.25, -0.2) is 9.78 Å². The molecule has 1 heterocycles. The van der Waals surface area contributed by atoms with Gasteiger partial charge in [0, 0.05) is 24.2 Å². The molecule has 1 atom stereocenters. The van der Waals surface area contributed by atoms with Crippen LogP contribution in [0.1, 0.15) is 59.4 Å². The van der Waals surface area contributed by atoms with E-state index in [4.69, 9.17) is 10.8 Å². The van der Waals surface area contributed by atoms with Crippen LogP contribution < -0.4 is 11.1 Å². The van der Waals surface area contributed by atoms with Gasteiger partial charge in [-0.2, -0.15) is 0 Å². The first-order chi connectivity index (χ1) is 11.0. The standard InChI is InChI=1S/C16H21N3O4/c17-14(20)9-12(10-4-2-1-3-5-10)19-15(21)11-6-7-18-13(8-11)16(22)23/h6-8,10,12H,1-5,9H2,(H2,17,20)(H,19,21)(H,22,23). The second-order valence-electron chi connectivity index (χ2n) is 5.88. The molecule has 1 fully saturated rings. The van der Waals surface area contributed by atoms with Gasteiger partial charge in [0.25, 0.3) is 5.91 Å². The molecule has 2 rings (SSSR count). The second-order valence-corrected chi connectivity index (χ2v) is 5.88. The molecule has 124 valence electrons. The zero-order chi connectivity index (χ0) is 16.8. The SMILES string of the molecule is NC(=O)CC(NC(=O)c1ccnc(C(=O)O)c1)C1CCCCC1. The lowest BCUT2D eigenvalue weighted by atomic mass is 9.82. The summed E-state index contributed by atoms with van der Waals surface area (Å²) in [7, 11) is 0. The van der Waals surface area contributed by atoms with Crippen molar-refractivity contribution in [3.63, 3.8) is 0 Å². The van der Waals surface area contributed by atoms with Crippen molar-refractivity contribution in [1.29, 1.82) is 0 Å². The monoisotopic (exact) mass is 319 g/mol. The number of carboxylic acids is 1. The Hall–Kier alpha value is -2.44. The molecule has 0 aliphatic heterocycles. The molecule has 1 saturated carbocycles. The highest BCUT2D eigenvalue weighted by molar-refractivity contribution is 5.97. The number of hydrogen-bond donors (Lipinski definition) is 3. The number of hydrogen-bond acceptors (Lipinski definition) is 4. The Morgan fingerprint density at radius 1 is 1.30 bits per heavy atom. The maximum atomic E-state index is 12.4. The Labute approximate surface area is 134 Å². The van der Waals surface area contributed by atoms with Crippen LogP contribution in [0.3, 0.4) is 0 Å². The molecule has 0 spiro atoms. The number of nitrogens with zero attached hydrogens (tertiary/aromatic N) is 1. The Balaban J connectivity index is 2.11. The van der Waals surface area contributed by atoms with Crippen LogP contribution in [0.4, 0.5) is 0 Å². The molecule has 23 heavy (non-hydrogen) atoms. The largest absolute Gasteiger partial charge is 0.477 e. The third-order valence-electron chi connectivity index (χ3n) is 4.20. The van der Waals surface area contributed by atoms with E-state index in [-0.39, 0.29) is 29.6 Å². The summed E-state index contributed by atoms with van der Waals surface area (Å²) in [4.78, 5) is 38.3. The van der Waals surface area contributed by atoms with Crippen LogP contribution in [0.25, 0.3) is 0 Å². The molecule has 7 nitrogen and oxygen atoms in total. The van der Waals surface area contributed by atoms with E-state index in [0.717, 1.165) is 25.7 Å². The highest BCUT2D eigenvalue weighted by Gasteiger charge is 2.27. The minimum Gasteiger partial charge on any atom is -0.477 e. The van der Waals surface area contributed by atoms with Gasteiger partial charge in [0.1, 0.15) is 5.69 Å². The van der Waals surface area contributed by atoms with E-state index in [1.807, 2.05) is 0 Å². The van der Waals surface area contributed by atoms with Gasteiger partial charge in [-0.3, -0.25) is 9.59 Å². The Morgan fingerprint density at radius 2 is 2.00 bits per heavy atom. The van der Waals surface area contributed by atoms with E-state index in [2.05, 4.69) is 10.3 Å². The zero-order valence-electron chi connectivity index (χ0n) is 12.8. The van der Waals surface area contributed by atoms with Crippen molar-refractivity contribution in [3.05, 3.63) is 29.6 Å². The first-order valence-corrected chi connectivity index (χ1v) is 7.76. The predicted molar refractivity (Wildman–Crippen MR) is 82.8 cm³/mol. The summed E-state index contributed by atoms with van der Waals surface area (Å²) in [6.45, 7) is 0. The zero-order valence-corrected chi connectivity index (χ0v) is 12.8. The molecule has 4 N–H and O–H groups in total. The third kappa shape index (κ3) is 4.77. The maximum Gasteiger partial charge on any atom is 0.354 e. The van der Waals surface area contributed by atoms with Crippen LogP contribution >= 0.6 is 0 Å². The number of carboxylic acid groups (broad SMARTS) is 1. The summed E-state index contributed by atoms with van der Waals surface area (Å²) in [5.74, 6) is -1.84. The molecular formula is C16H21N3O4. The van der Waals surface area contributed by atoms with Gasteiger partial charge in [-0.1, -0.05) is 19.3 Å². The summed E-state index contributed by atoms with van der Waals surface area (Å²) in [5.41, 5.74) is 5.32. The molecule has 7 heteroatoms. The van der Waals surface area contributed by atoms with Crippen molar-refractivity contribution in [3.8, 4) is 0 Å². The predicted octanol–water partition coefficient (Wildman–Crippen LogP) is 1.33. The Kier molecular flexibility index (Phi) is 5.67. The van der Waals surface area contributed by atoms with Crippen molar-refractivity contribution in [1.82, 2.24) is 10.3 Å². The molecule has 0 bridgehead atoms. The summed E-state index contributed by atoms with van der Waals surface area (Å²) in [6, 6.07) is 2.35. The van der Waals surface area contributed by atoms with Crippen molar-refractivity contribution in [2.75, 3.05) is 0 Å². The van der Waals surface area contributed by atoms with E-state index < -0.39 is 17.8 Å². The summed E-state index contributed by atoms with van der Waals surface area (Å²) >= 11 is 0. The fourth-order valence-electron chi connectivity index (χ4n) is 3.03. The minimum atomic E-state index is -1.19. The molecule has 2 amide bonds. The minimum absolute atomic E-state index is 0.0906. The summed E-state index contributed by atoms with van der Waals surface area (Å²) in [5, 5.41) is 11.8. The lowest BCUT2D eigenvalue weighted by Crippen LogP contribution is -2.43. The lowest BCUT2D eigenvalue weighted by molar-refractivity contribution is -0.118. The van der Waals surface area contributed by atoms with Crippen LogP contribution in [0.2, 0.25) is 0 Å². The Morgan fingerprint density at radius 3 is 2.61 bits per heavy atom. The van der Waals surface area contributed by atoms with Gasteiger partial charge < -0.3 is 16.2 Å². The third-order valence-corrected chi connectivity index (χ3v) is 4.20. The fraction of sp³-hybridized carbons (Fsp3) is 0.500. The summed E-state index contributed by atoms with van der Waals surface area (Å²) in [6.07, 6.45) is 6.60. The number of pyridine rings is 1. The molecule has 1 aliphatic rings. The molecular weight excluding hydrogens is 298 g/mol.